The van der Waals surface area contributed by atoms with Crippen LogP contribution in [0.5, 0.6) is 5.75 Å². The molecule has 2 aromatic carbocycles. The first-order chi connectivity index (χ1) is 16.6. The van der Waals surface area contributed by atoms with Crippen molar-refractivity contribution in [3.8, 4) is 5.75 Å². The number of sulfonamides is 1. The van der Waals surface area contributed by atoms with Crippen LogP contribution in [0.25, 0.3) is 21.9 Å². The van der Waals surface area contributed by atoms with E-state index < -0.39 is 15.6 Å². The van der Waals surface area contributed by atoms with Gasteiger partial charge >= 0.3 is 0 Å². The number of nitrogens with zero attached hydrogens (tertiary/aromatic N) is 3. The highest BCUT2D eigenvalue weighted by Gasteiger charge is 2.27. The Morgan fingerprint density at radius 2 is 1.89 bits per heavy atom. The van der Waals surface area contributed by atoms with Crippen molar-refractivity contribution in [3.63, 3.8) is 0 Å². The zero-order valence-electron chi connectivity index (χ0n) is 20.3. The molecule has 35 heavy (non-hydrogen) atoms. The predicted molar refractivity (Wildman–Crippen MR) is 134 cm³/mol. The second kappa shape index (κ2) is 9.80. The third-order valence-electron chi connectivity index (χ3n) is 5.47. The molecular formula is C25H30N4O5S. The Balaban J connectivity index is 1.79. The summed E-state index contributed by atoms with van der Waals surface area (Å²) in [4.78, 5) is 4.65. The number of imidazole rings is 1. The lowest BCUT2D eigenvalue weighted by atomic mass is 10.1. The van der Waals surface area contributed by atoms with Crippen molar-refractivity contribution in [1.82, 2.24) is 14.3 Å². The lowest BCUT2D eigenvalue weighted by Crippen LogP contribution is -2.46. The molecule has 4 rings (SSSR count). The number of fused-ring (bicyclic) bond motifs is 3. The first-order valence-corrected chi connectivity index (χ1v) is 13.2. The van der Waals surface area contributed by atoms with Crippen LogP contribution in [0.2, 0.25) is 0 Å². The minimum atomic E-state index is -3.44. The van der Waals surface area contributed by atoms with Crippen molar-refractivity contribution in [2.75, 3.05) is 12.9 Å². The maximum atomic E-state index is 12.9. The summed E-state index contributed by atoms with van der Waals surface area (Å²) >= 11 is 0. The van der Waals surface area contributed by atoms with Gasteiger partial charge in [-0.05, 0) is 38.5 Å². The molecule has 0 unspecified atom stereocenters. The molecule has 0 saturated carbocycles. The average Bonchev–Trinajstić information content (AvgIpc) is 3.11. The van der Waals surface area contributed by atoms with E-state index in [0.717, 1.165) is 22.1 Å². The van der Waals surface area contributed by atoms with Gasteiger partial charge in [0.2, 0.25) is 21.7 Å². The minimum absolute atomic E-state index is 0.235. The molecule has 10 heteroatoms. The fourth-order valence-corrected chi connectivity index (χ4v) is 5.27. The summed E-state index contributed by atoms with van der Waals surface area (Å²) in [6.45, 7) is 6.91. The fourth-order valence-electron chi connectivity index (χ4n) is 4.20. The van der Waals surface area contributed by atoms with Crippen LogP contribution in [0.15, 0.2) is 54.7 Å². The third kappa shape index (κ3) is 5.90. The van der Waals surface area contributed by atoms with Gasteiger partial charge in [0.05, 0.1) is 23.2 Å². The highest BCUT2D eigenvalue weighted by atomic mass is 32.2. The number of hydrogen-bond acceptors (Lipinski definition) is 6. The second-order valence-electron chi connectivity index (χ2n) is 9.15. The monoisotopic (exact) mass is 498 g/mol. The van der Waals surface area contributed by atoms with E-state index in [4.69, 9.17) is 9.47 Å². The highest BCUT2D eigenvalue weighted by Crippen LogP contribution is 2.29. The van der Waals surface area contributed by atoms with Crippen LogP contribution in [0.1, 0.15) is 32.2 Å². The molecule has 0 fully saturated rings. The van der Waals surface area contributed by atoms with Crippen LogP contribution in [-0.2, 0) is 34.5 Å². The molecule has 0 spiro atoms. The van der Waals surface area contributed by atoms with Crippen LogP contribution >= 0.6 is 0 Å². The van der Waals surface area contributed by atoms with E-state index >= 15 is 0 Å². The Labute approximate surface area is 204 Å². The molecule has 2 aromatic heterocycles. The summed E-state index contributed by atoms with van der Waals surface area (Å²) in [6, 6.07) is 15.2. The molecule has 0 bridgehead atoms. The van der Waals surface area contributed by atoms with E-state index in [-0.39, 0.29) is 6.61 Å². The number of rotatable bonds is 10. The lowest BCUT2D eigenvalue weighted by Gasteiger charge is -2.27. The highest BCUT2D eigenvalue weighted by molar-refractivity contribution is 7.88. The average molecular weight is 499 g/mol. The normalized spacial score (nSPS) is 12.5. The summed E-state index contributed by atoms with van der Waals surface area (Å²) in [5, 5.41) is 13.6. The lowest BCUT2D eigenvalue weighted by molar-refractivity contribution is -0.575. The standard InChI is InChI=1S/C25H30N4O5S/c1-5-33-16-23-26-21-14-29(30)22-13-19(34-15-18-9-7-6-8-10-18)11-12-20(22)24(21)28(23)17-25(2,3)27-35(4,31)32/h6-14,27H,5,15-17H2,1-4H3. The van der Waals surface area contributed by atoms with Crippen molar-refractivity contribution in [1.29, 1.82) is 0 Å². The van der Waals surface area contributed by atoms with Gasteiger partial charge < -0.3 is 19.2 Å². The Morgan fingerprint density at radius 3 is 2.57 bits per heavy atom. The van der Waals surface area contributed by atoms with E-state index in [1.54, 1.807) is 19.9 Å². The number of hydrogen-bond donors (Lipinski definition) is 1. The zero-order valence-corrected chi connectivity index (χ0v) is 21.1. The van der Waals surface area contributed by atoms with Gasteiger partial charge in [0.25, 0.3) is 0 Å². The van der Waals surface area contributed by atoms with Crippen LogP contribution in [-0.4, -0.2) is 36.4 Å². The Kier molecular flexibility index (Phi) is 6.98. The fraction of sp³-hybridized carbons (Fsp3) is 0.360. The van der Waals surface area contributed by atoms with Crippen molar-refractivity contribution >= 4 is 32.0 Å². The van der Waals surface area contributed by atoms with Gasteiger partial charge in [-0.1, -0.05) is 30.3 Å². The largest absolute Gasteiger partial charge is 0.618 e. The molecule has 4 aromatic rings. The van der Waals surface area contributed by atoms with Crippen LogP contribution in [0.3, 0.4) is 0 Å². The van der Waals surface area contributed by atoms with E-state index in [0.29, 0.717) is 47.8 Å². The van der Waals surface area contributed by atoms with Gasteiger partial charge in [-0.2, -0.15) is 4.73 Å². The smallest absolute Gasteiger partial charge is 0.229 e. The van der Waals surface area contributed by atoms with Crippen LogP contribution in [0.4, 0.5) is 0 Å². The molecule has 0 aliphatic heterocycles. The first kappa shape index (κ1) is 24.9. The Morgan fingerprint density at radius 1 is 1.14 bits per heavy atom. The molecule has 2 heterocycles. The number of benzene rings is 2. The second-order valence-corrected chi connectivity index (χ2v) is 10.9. The summed E-state index contributed by atoms with van der Waals surface area (Å²) in [5.41, 5.74) is 1.89. The van der Waals surface area contributed by atoms with Gasteiger partial charge in [-0.15, -0.1) is 0 Å². The summed E-state index contributed by atoms with van der Waals surface area (Å²) < 4.78 is 40.8. The molecule has 9 nitrogen and oxygen atoms in total. The number of ether oxygens (including phenoxy) is 2. The maximum absolute atomic E-state index is 12.9. The van der Waals surface area contributed by atoms with Crippen LogP contribution < -0.4 is 14.2 Å². The molecule has 0 amide bonds. The van der Waals surface area contributed by atoms with E-state index in [1.807, 2.05) is 54.0 Å². The summed E-state index contributed by atoms with van der Waals surface area (Å²) in [6.07, 6.45) is 2.57. The number of nitrogens with one attached hydrogen (secondary N) is 1. The SMILES string of the molecule is CCOCc1nc2c[n+]([O-])c3cc(OCc4ccccc4)ccc3c2n1CC(C)(C)NS(C)(=O)=O. The third-order valence-corrected chi connectivity index (χ3v) is 6.40. The van der Waals surface area contributed by atoms with Crippen LogP contribution in [0, 0.1) is 5.21 Å². The molecule has 186 valence electrons. The van der Waals surface area contributed by atoms with E-state index in [2.05, 4.69) is 9.71 Å². The van der Waals surface area contributed by atoms with Gasteiger partial charge in [0, 0.05) is 18.7 Å². The maximum Gasteiger partial charge on any atom is 0.229 e. The van der Waals surface area contributed by atoms with E-state index in [1.165, 1.54) is 6.20 Å². The topological polar surface area (TPSA) is 109 Å². The summed E-state index contributed by atoms with van der Waals surface area (Å²) in [5.74, 6) is 1.19. The molecule has 0 aliphatic rings. The quantitative estimate of drug-likeness (QED) is 0.266. The van der Waals surface area contributed by atoms with Gasteiger partial charge in [-0.3, -0.25) is 0 Å². The molecule has 0 aliphatic carbocycles. The Bertz CT molecular complexity index is 1450. The van der Waals surface area contributed by atoms with Crippen molar-refractivity contribution in [2.24, 2.45) is 0 Å². The van der Waals surface area contributed by atoms with Gasteiger partial charge in [-0.25, -0.2) is 18.1 Å². The molecule has 1 N–H and O–H groups in total. The summed E-state index contributed by atoms with van der Waals surface area (Å²) in [7, 11) is -3.44. The van der Waals surface area contributed by atoms with Crippen molar-refractivity contribution in [2.45, 2.75) is 46.1 Å². The molecule has 0 radical (unpaired) electrons. The van der Waals surface area contributed by atoms with Gasteiger partial charge in [0.1, 0.15) is 24.8 Å². The minimum Gasteiger partial charge on any atom is -0.618 e. The molecule has 0 saturated heterocycles. The predicted octanol–water partition coefficient (Wildman–Crippen LogP) is 3.27. The van der Waals surface area contributed by atoms with E-state index in [9.17, 15) is 13.6 Å². The number of aromatic nitrogens is 3. The zero-order chi connectivity index (χ0) is 25.2. The van der Waals surface area contributed by atoms with Crippen molar-refractivity contribution < 1.29 is 22.6 Å². The molecule has 0 atom stereocenters. The first-order valence-electron chi connectivity index (χ1n) is 11.3. The van der Waals surface area contributed by atoms with Gasteiger partial charge in [0.15, 0.2) is 5.52 Å². The van der Waals surface area contributed by atoms with Crippen molar-refractivity contribution in [3.05, 3.63) is 71.3 Å². The Hall–Kier alpha value is -3.21. The molecular weight excluding hydrogens is 468 g/mol. The number of pyridine rings is 1.